The summed E-state index contributed by atoms with van der Waals surface area (Å²) in [5.41, 5.74) is 0. The lowest BCUT2D eigenvalue weighted by Gasteiger charge is -2.06. The standard InChI is InChI=1S/3C15H30O3/c3*1-3-4-5-6-7-8-9-10-11-12-13-18-15(17)14(2)16/h3*14,16H,3-13H2,1-2H3. The van der Waals surface area contributed by atoms with Gasteiger partial charge in [-0.25, -0.2) is 14.4 Å². The van der Waals surface area contributed by atoms with E-state index in [2.05, 4.69) is 20.8 Å². The van der Waals surface area contributed by atoms with Gasteiger partial charge < -0.3 is 29.5 Å². The first-order valence-electron chi connectivity index (χ1n) is 22.6. The van der Waals surface area contributed by atoms with Crippen LogP contribution in [0.5, 0.6) is 0 Å². The predicted molar refractivity (Wildman–Crippen MR) is 223 cm³/mol. The van der Waals surface area contributed by atoms with Crippen molar-refractivity contribution in [1.82, 2.24) is 0 Å². The van der Waals surface area contributed by atoms with E-state index in [1.54, 1.807) is 0 Å². The summed E-state index contributed by atoms with van der Waals surface area (Å²) in [7, 11) is 0. The molecular formula is C45H90O9. The van der Waals surface area contributed by atoms with Crippen molar-refractivity contribution in [3.63, 3.8) is 0 Å². The molecule has 3 unspecified atom stereocenters. The van der Waals surface area contributed by atoms with Gasteiger partial charge in [0.15, 0.2) is 0 Å². The van der Waals surface area contributed by atoms with Crippen LogP contribution in [0.1, 0.15) is 234 Å². The van der Waals surface area contributed by atoms with E-state index >= 15 is 0 Å². The van der Waals surface area contributed by atoms with E-state index in [-0.39, 0.29) is 0 Å². The van der Waals surface area contributed by atoms with Crippen molar-refractivity contribution in [3.8, 4) is 0 Å². The van der Waals surface area contributed by atoms with Gasteiger partial charge in [-0.15, -0.1) is 0 Å². The van der Waals surface area contributed by atoms with Crippen LogP contribution in [0, 0.1) is 0 Å². The maximum absolute atomic E-state index is 10.9. The SMILES string of the molecule is CCCCCCCCCCCCOC(=O)C(C)O.CCCCCCCCCCCCOC(=O)C(C)O.CCCCCCCCCCCCOC(=O)C(C)O. The number of ether oxygens (including phenoxy) is 3. The van der Waals surface area contributed by atoms with E-state index < -0.39 is 36.2 Å². The fourth-order valence-electron chi connectivity index (χ4n) is 5.65. The minimum absolute atomic E-state index is 0.445. The molecule has 54 heavy (non-hydrogen) atoms. The van der Waals surface area contributed by atoms with E-state index in [9.17, 15) is 14.4 Å². The quantitative estimate of drug-likeness (QED) is 0.0322. The Kier molecular flexibility index (Phi) is 49.7. The number of aliphatic hydroxyl groups is 3. The van der Waals surface area contributed by atoms with Gasteiger partial charge >= 0.3 is 17.9 Å². The molecule has 0 radical (unpaired) electrons. The second kappa shape index (κ2) is 47.4. The molecule has 0 rings (SSSR count). The molecule has 0 saturated carbocycles. The molecule has 0 fully saturated rings. The number of carbonyl (C=O) groups excluding carboxylic acids is 3. The highest BCUT2D eigenvalue weighted by atomic mass is 16.6. The zero-order chi connectivity index (χ0) is 40.9. The van der Waals surface area contributed by atoms with Gasteiger partial charge in [0.25, 0.3) is 0 Å². The number of aliphatic hydroxyl groups excluding tert-OH is 3. The van der Waals surface area contributed by atoms with Crippen LogP contribution >= 0.6 is 0 Å². The molecule has 0 saturated heterocycles. The van der Waals surface area contributed by atoms with E-state index in [0.717, 1.165) is 38.5 Å². The maximum Gasteiger partial charge on any atom is 0.334 e. The van der Waals surface area contributed by atoms with Gasteiger partial charge in [0.05, 0.1) is 19.8 Å². The number of carbonyl (C=O) groups is 3. The monoisotopic (exact) mass is 775 g/mol. The topological polar surface area (TPSA) is 140 Å². The Labute approximate surface area is 333 Å². The van der Waals surface area contributed by atoms with Crippen molar-refractivity contribution in [2.45, 2.75) is 252 Å². The minimum atomic E-state index is -0.992. The van der Waals surface area contributed by atoms with Gasteiger partial charge in [-0.1, -0.05) is 194 Å². The van der Waals surface area contributed by atoms with Crippen molar-refractivity contribution in [1.29, 1.82) is 0 Å². The Morgan fingerprint density at radius 3 is 0.611 bits per heavy atom. The molecule has 0 aromatic carbocycles. The van der Waals surface area contributed by atoms with Crippen LogP contribution in [-0.2, 0) is 28.6 Å². The van der Waals surface area contributed by atoms with Crippen LogP contribution in [-0.4, -0.2) is 71.4 Å². The number of unbranched alkanes of at least 4 members (excludes halogenated alkanes) is 27. The number of hydrogen-bond donors (Lipinski definition) is 3. The van der Waals surface area contributed by atoms with Crippen molar-refractivity contribution in [2.24, 2.45) is 0 Å². The Morgan fingerprint density at radius 1 is 0.315 bits per heavy atom. The normalized spacial score (nSPS) is 12.4. The van der Waals surface area contributed by atoms with Crippen molar-refractivity contribution >= 4 is 17.9 Å². The molecule has 9 heteroatoms. The summed E-state index contributed by atoms with van der Waals surface area (Å²) in [5.74, 6) is -1.53. The molecule has 3 atom stereocenters. The first-order valence-corrected chi connectivity index (χ1v) is 22.6. The fourth-order valence-corrected chi connectivity index (χ4v) is 5.65. The van der Waals surface area contributed by atoms with Gasteiger partial charge in [0, 0.05) is 0 Å². The Balaban J connectivity index is -0.000000722. The summed E-state index contributed by atoms with van der Waals surface area (Å²) in [6, 6.07) is 0. The highest BCUT2D eigenvalue weighted by Gasteiger charge is 2.10. The first kappa shape index (κ1) is 56.6. The zero-order valence-electron chi connectivity index (χ0n) is 36.4. The molecule has 0 aromatic heterocycles. The fraction of sp³-hybridized carbons (Fsp3) is 0.933. The lowest BCUT2D eigenvalue weighted by atomic mass is 10.1. The summed E-state index contributed by atoms with van der Waals surface area (Å²) in [6.45, 7) is 12.3. The molecule has 0 aromatic rings. The molecular weight excluding hydrogens is 684 g/mol. The average molecular weight is 775 g/mol. The largest absolute Gasteiger partial charge is 0.464 e. The van der Waals surface area contributed by atoms with Gasteiger partial charge in [-0.05, 0) is 40.0 Å². The maximum atomic E-state index is 10.9. The van der Waals surface area contributed by atoms with Gasteiger partial charge in [-0.2, -0.15) is 0 Å². The molecule has 9 nitrogen and oxygen atoms in total. The molecule has 0 heterocycles. The second-order valence-corrected chi connectivity index (χ2v) is 15.1. The van der Waals surface area contributed by atoms with Crippen LogP contribution in [0.2, 0.25) is 0 Å². The average Bonchev–Trinajstić information content (AvgIpc) is 3.15. The molecule has 0 aliphatic heterocycles. The van der Waals surface area contributed by atoms with E-state index in [1.165, 1.54) is 175 Å². The van der Waals surface area contributed by atoms with Crippen LogP contribution < -0.4 is 0 Å². The number of rotatable bonds is 36. The first-order chi connectivity index (χ1) is 26.0. The summed E-state index contributed by atoms with van der Waals surface area (Å²) >= 11 is 0. The highest BCUT2D eigenvalue weighted by Crippen LogP contribution is 2.13. The number of esters is 3. The third-order valence-corrected chi connectivity index (χ3v) is 9.25. The summed E-state index contributed by atoms with van der Waals surface area (Å²) in [6.07, 6.45) is 35.0. The lowest BCUT2D eigenvalue weighted by Crippen LogP contribution is -2.19. The van der Waals surface area contributed by atoms with Gasteiger partial charge in [0.2, 0.25) is 0 Å². The highest BCUT2D eigenvalue weighted by molar-refractivity contribution is 5.74. The minimum Gasteiger partial charge on any atom is -0.464 e. The molecule has 3 N–H and O–H groups in total. The third-order valence-electron chi connectivity index (χ3n) is 9.25. The molecule has 0 bridgehead atoms. The lowest BCUT2D eigenvalue weighted by molar-refractivity contribution is -0.153. The van der Waals surface area contributed by atoms with Crippen molar-refractivity contribution in [3.05, 3.63) is 0 Å². The van der Waals surface area contributed by atoms with E-state index in [0.29, 0.717) is 19.8 Å². The molecule has 0 amide bonds. The van der Waals surface area contributed by atoms with E-state index in [4.69, 9.17) is 29.5 Å². The van der Waals surface area contributed by atoms with Crippen LogP contribution in [0.15, 0.2) is 0 Å². The summed E-state index contributed by atoms with van der Waals surface area (Å²) < 4.78 is 14.7. The molecule has 324 valence electrons. The second-order valence-electron chi connectivity index (χ2n) is 15.1. The van der Waals surface area contributed by atoms with Gasteiger partial charge in [0.1, 0.15) is 18.3 Å². The Hall–Kier alpha value is -1.71. The smallest absolute Gasteiger partial charge is 0.334 e. The van der Waals surface area contributed by atoms with Crippen LogP contribution in [0.25, 0.3) is 0 Å². The molecule has 0 aliphatic rings. The number of hydrogen-bond acceptors (Lipinski definition) is 9. The molecule has 0 aliphatic carbocycles. The summed E-state index contributed by atoms with van der Waals surface area (Å²) in [5, 5.41) is 26.7. The van der Waals surface area contributed by atoms with Crippen LogP contribution in [0.4, 0.5) is 0 Å². The summed E-state index contributed by atoms with van der Waals surface area (Å²) in [4.78, 5) is 32.8. The van der Waals surface area contributed by atoms with Crippen molar-refractivity contribution in [2.75, 3.05) is 19.8 Å². The zero-order valence-corrected chi connectivity index (χ0v) is 36.4. The Bertz CT molecular complexity index is 670. The Morgan fingerprint density at radius 2 is 0.463 bits per heavy atom. The van der Waals surface area contributed by atoms with Gasteiger partial charge in [-0.3, -0.25) is 0 Å². The third kappa shape index (κ3) is 50.3. The van der Waals surface area contributed by atoms with Crippen molar-refractivity contribution < 1.29 is 43.9 Å². The van der Waals surface area contributed by atoms with Crippen LogP contribution in [0.3, 0.4) is 0 Å². The van der Waals surface area contributed by atoms with E-state index in [1.807, 2.05) is 0 Å². The molecule has 0 spiro atoms. The predicted octanol–water partition coefficient (Wildman–Crippen LogP) is 11.5.